The molecule has 0 aromatic heterocycles. The Labute approximate surface area is 135 Å². The van der Waals surface area contributed by atoms with Crippen molar-refractivity contribution < 1.29 is 4.74 Å². The van der Waals surface area contributed by atoms with Crippen molar-refractivity contribution in [2.75, 3.05) is 13.2 Å². The summed E-state index contributed by atoms with van der Waals surface area (Å²) in [6, 6.07) is 0. The lowest BCUT2D eigenvalue weighted by atomic mass is 9.99. The SMILES string of the molecule is CCCCCCC(C)CCOCCC(C)CCCCCC. The van der Waals surface area contributed by atoms with Crippen LogP contribution in [-0.4, -0.2) is 13.2 Å². The van der Waals surface area contributed by atoms with Gasteiger partial charge >= 0.3 is 0 Å². The third kappa shape index (κ3) is 16.2. The maximum atomic E-state index is 5.83. The van der Waals surface area contributed by atoms with Gasteiger partial charge in [0.2, 0.25) is 0 Å². The van der Waals surface area contributed by atoms with Gasteiger partial charge in [0.15, 0.2) is 0 Å². The Morgan fingerprint density at radius 3 is 1.38 bits per heavy atom. The van der Waals surface area contributed by atoms with Gasteiger partial charge in [0.1, 0.15) is 0 Å². The fraction of sp³-hybridized carbons (Fsp3) is 1.00. The van der Waals surface area contributed by atoms with E-state index in [1.807, 2.05) is 0 Å². The summed E-state index contributed by atoms with van der Waals surface area (Å²) in [5.74, 6) is 1.68. The first-order valence-electron chi connectivity index (χ1n) is 9.78. The maximum absolute atomic E-state index is 5.83. The molecule has 0 spiro atoms. The highest BCUT2D eigenvalue weighted by atomic mass is 16.5. The highest BCUT2D eigenvalue weighted by Gasteiger charge is 2.04. The molecule has 0 aromatic carbocycles. The molecule has 1 heteroatoms. The van der Waals surface area contributed by atoms with Crippen molar-refractivity contribution in [1.29, 1.82) is 0 Å². The quantitative estimate of drug-likeness (QED) is 0.279. The lowest BCUT2D eigenvalue weighted by molar-refractivity contribution is 0.108. The zero-order valence-corrected chi connectivity index (χ0v) is 15.5. The molecule has 0 fully saturated rings. The molecule has 21 heavy (non-hydrogen) atoms. The Morgan fingerprint density at radius 2 is 1.00 bits per heavy atom. The average molecular weight is 299 g/mol. The Hall–Kier alpha value is -0.0400. The Kier molecular flexibility index (Phi) is 16.3. The van der Waals surface area contributed by atoms with Crippen LogP contribution in [0.15, 0.2) is 0 Å². The van der Waals surface area contributed by atoms with E-state index >= 15 is 0 Å². The summed E-state index contributed by atoms with van der Waals surface area (Å²) in [6.07, 6.45) is 16.4. The zero-order chi connectivity index (χ0) is 15.8. The molecule has 0 radical (unpaired) electrons. The first-order valence-corrected chi connectivity index (χ1v) is 9.78. The second-order valence-corrected chi connectivity index (χ2v) is 7.10. The van der Waals surface area contributed by atoms with Crippen LogP contribution in [0.4, 0.5) is 0 Å². The summed E-state index contributed by atoms with van der Waals surface area (Å²) in [6.45, 7) is 11.3. The standard InChI is InChI=1S/C20H42O/c1-5-7-9-11-13-19(3)15-17-21-18-16-20(4)14-12-10-8-6-2/h19-20H,5-18H2,1-4H3. The van der Waals surface area contributed by atoms with E-state index < -0.39 is 0 Å². The molecular formula is C20H42O. The van der Waals surface area contributed by atoms with Gasteiger partial charge < -0.3 is 4.74 Å². The molecule has 0 saturated heterocycles. The molecule has 0 N–H and O–H groups in total. The van der Waals surface area contributed by atoms with E-state index in [-0.39, 0.29) is 0 Å². The number of hydrogen-bond acceptors (Lipinski definition) is 1. The molecule has 1 nitrogen and oxygen atoms in total. The molecule has 0 aromatic rings. The van der Waals surface area contributed by atoms with Gasteiger partial charge in [-0.15, -0.1) is 0 Å². The van der Waals surface area contributed by atoms with Gasteiger partial charge in [0.05, 0.1) is 0 Å². The van der Waals surface area contributed by atoms with Gasteiger partial charge in [-0.3, -0.25) is 0 Å². The third-order valence-corrected chi connectivity index (χ3v) is 4.61. The van der Waals surface area contributed by atoms with Crippen LogP contribution < -0.4 is 0 Å². The Morgan fingerprint density at radius 1 is 0.571 bits per heavy atom. The minimum absolute atomic E-state index is 0.841. The van der Waals surface area contributed by atoms with Crippen LogP contribution in [0.1, 0.15) is 105 Å². The van der Waals surface area contributed by atoms with Gasteiger partial charge in [-0.25, -0.2) is 0 Å². The first kappa shape index (κ1) is 21.0. The molecule has 0 rings (SSSR count). The van der Waals surface area contributed by atoms with Crippen molar-refractivity contribution >= 4 is 0 Å². The van der Waals surface area contributed by atoms with Crippen LogP contribution >= 0.6 is 0 Å². The van der Waals surface area contributed by atoms with E-state index in [0.717, 1.165) is 25.0 Å². The topological polar surface area (TPSA) is 9.23 Å². The van der Waals surface area contributed by atoms with Crippen LogP contribution in [0.25, 0.3) is 0 Å². The summed E-state index contributed by atoms with van der Waals surface area (Å²) in [5.41, 5.74) is 0. The fourth-order valence-corrected chi connectivity index (χ4v) is 2.80. The minimum Gasteiger partial charge on any atom is -0.381 e. The Balaban J connectivity index is 3.26. The highest BCUT2D eigenvalue weighted by molar-refractivity contribution is 4.56. The highest BCUT2D eigenvalue weighted by Crippen LogP contribution is 2.15. The van der Waals surface area contributed by atoms with Crippen molar-refractivity contribution in [3.8, 4) is 0 Å². The smallest absolute Gasteiger partial charge is 0.0468 e. The van der Waals surface area contributed by atoms with E-state index in [1.165, 1.54) is 77.0 Å². The molecule has 0 heterocycles. The molecule has 128 valence electrons. The van der Waals surface area contributed by atoms with Gasteiger partial charge in [-0.05, 0) is 24.7 Å². The molecular weight excluding hydrogens is 256 g/mol. The molecule has 2 atom stereocenters. The van der Waals surface area contributed by atoms with Crippen molar-refractivity contribution in [3.63, 3.8) is 0 Å². The predicted octanol–water partition coefficient (Wildman–Crippen LogP) is 7.00. The Bertz CT molecular complexity index is 170. The van der Waals surface area contributed by atoms with Crippen LogP contribution in [0.2, 0.25) is 0 Å². The normalized spacial score (nSPS) is 14.3. The molecule has 0 saturated carbocycles. The summed E-state index contributed by atoms with van der Waals surface area (Å²) in [5, 5.41) is 0. The van der Waals surface area contributed by atoms with E-state index in [0.29, 0.717) is 0 Å². The molecule has 2 unspecified atom stereocenters. The van der Waals surface area contributed by atoms with Crippen LogP contribution in [0.5, 0.6) is 0 Å². The largest absolute Gasteiger partial charge is 0.381 e. The van der Waals surface area contributed by atoms with Gasteiger partial charge in [0, 0.05) is 13.2 Å². The fourth-order valence-electron chi connectivity index (χ4n) is 2.80. The van der Waals surface area contributed by atoms with E-state index in [2.05, 4.69) is 27.7 Å². The summed E-state index contributed by atoms with van der Waals surface area (Å²) >= 11 is 0. The lowest BCUT2D eigenvalue weighted by Gasteiger charge is -2.13. The molecule has 0 bridgehead atoms. The second-order valence-electron chi connectivity index (χ2n) is 7.10. The number of rotatable bonds is 16. The maximum Gasteiger partial charge on any atom is 0.0468 e. The van der Waals surface area contributed by atoms with E-state index in [9.17, 15) is 0 Å². The van der Waals surface area contributed by atoms with Gasteiger partial charge in [-0.2, -0.15) is 0 Å². The van der Waals surface area contributed by atoms with Crippen LogP contribution in [-0.2, 0) is 4.74 Å². The monoisotopic (exact) mass is 298 g/mol. The summed E-state index contributed by atoms with van der Waals surface area (Å²) in [4.78, 5) is 0. The summed E-state index contributed by atoms with van der Waals surface area (Å²) in [7, 11) is 0. The van der Waals surface area contributed by atoms with Crippen LogP contribution in [0.3, 0.4) is 0 Å². The number of unbranched alkanes of at least 4 members (excludes halogenated alkanes) is 6. The third-order valence-electron chi connectivity index (χ3n) is 4.61. The van der Waals surface area contributed by atoms with Crippen LogP contribution in [0, 0.1) is 11.8 Å². The number of hydrogen-bond donors (Lipinski definition) is 0. The molecule has 0 aliphatic rings. The lowest BCUT2D eigenvalue weighted by Crippen LogP contribution is -2.06. The second kappa shape index (κ2) is 16.3. The summed E-state index contributed by atoms with van der Waals surface area (Å²) < 4.78 is 5.83. The molecule has 0 aliphatic carbocycles. The van der Waals surface area contributed by atoms with Crippen molar-refractivity contribution in [3.05, 3.63) is 0 Å². The van der Waals surface area contributed by atoms with E-state index in [1.54, 1.807) is 0 Å². The van der Waals surface area contributed by atoms with Crippen molar-refractivity contribution in [1.82, 2.24) is 0 Å². The molecule has 0 aliphatic heterocycles. The minimum atomic E-state index is 0.841. The van der Waals surface area contributed by atoms with Crippen molar-refractivity contribution in [2.24, 2.45) is 11.8 Å². The number of ether oxygens (including phenoxy) is 1. The average Bonchev–Trinajstić information content (AvgIpc) is 2.48. The molecule has 0 amide bonds. The first-order chi connectivity index (χ1) is 10.2. The predicted molar refractivity (Wildman–Crippen MR) is 95.9 cm³/mol. The van der Waals surface area contributed by atoms with Crippen molar-refractivity contribution in [2.45, 2.75) is 105 Å². The van der Waals surface area contributed by atoms with Gasteiger partial charge in [0.25, 0.3) is 0 Å². The van der Waals surface area contributed by atoms with E-state index in [4.69, 9.17) is 4.74 Å². The van der Waals surface area contributed by atoms with Gasteiger partial charge in [-0.1, -0.05) is 91.9 Å². The zero-order valence-electron chi connectivity index (χ0n) is 15.5.